The highest BCUT2D eigenvalue weighted by molar-refractivity contribution is 5.19. The van der Waals surface area contributed by atoms with Gasteiger partial charge in [-0.3, -0.25) is 0 Å². The van der Waals surface area contributed by atoms with Gasteiger partial charge in [-0.2, -0.15) is 0 Å². The van der Waals surface area contributed by atoms with E-state index in [4.69, 9.17) is 9.47 Å². The maximum absolute atomic E-state index is 5.56. The number of hydrogen-bond acceptors (Lipinski definition) is 3. The van der Waals surface area contributed by atoms with Crippen LogP contribution in [0.5, 0.6) is 0 Å². The first kappa shape index (κ1) is 16.5. The molecule has 0 aromatic heterocycles. The summed E-state index contributed by atoms with van der Waals surface area (Å²) in [5.41, 5.74) is 1.42. The van der Waals surface area contributed by atoms with Crippen molar-refractivity contribution in [3.05, 3.63) is 35.9 Å². The van der Waals surface area contributed by atoms with Crippen molar-refractivity contribution < 1.29 is 9.47 Å². The average Bonchev–Trinajstić information content (AvgIpc) is 2.56. The molecular formula is C18H29NO2. The third-order valence-corrected chi connectivity index (χ3v) is 4.32. The molecule has 1 aromatic rings. The van der Waals surface area contributed by atoms with E-state index >= 15 is 0 Å². The lowest BCUT2D eigenvalue weighted by molar-refractivity contribution is 0.0697. The standard InChI is InChI=1S/C18H29NO2/c1-20-14-15-21-13-12-19-18(16-8-4-2-5-9-16)17-10-6-3-7-11-17/h2,4-5,8-9,17-19H,3,6-7,10-15H2,1H3. The van der Waals surface area contributed by atoms with E-state index in [-0.39, 0.29) is 0 Å². The van der Waals surface area contributed by atoms with Crippen molar-refractivity contribution in [2.45, 2.75) is 38.1 Å². The predicted molar refractivity (Wildman–Crippen MR) is 86.5 cm³/mol. The molecule has 21 heavy (non-hydrogen) atoms. The SMILES string of the molecule is COCCOCCNC(c1ccccc1)C1CCCCC1. The summed E-state index contributed by atoms with van der Waals surface area (Å²) in [6, 6.07) is 11.3. The Morgan fingerprint density at radius 2 is 1.81 bits per heavy atom. The van der Waals surface area contributed by atoms with Gasteiger partial charge >= 0.3 is 0 Å². The highest BCUT2D eigenvalue weighted by Gasteiger charge is 2.24. The van der Waals surface area contributed by atoms with E-state index in [1.165, 1.54) is 37.7 Å². The van der Waals surface area contributed by atoms with Crippen LogP contribution in [0.2, 0.25) is 0 Å². The van der Waals surface area contributed by atoms with Crippen molar-refractivity contribution in [3.63, 3.8) is 0 Å². The van der Waals surface area contributed by atoms with Crippen molar-refractivity contribution in [3.8, 4) is 0 Å². The Labute approximate surface area is 129 Å². The number of methoxy groups -OCH3 is 1. The second-order valence-corrected chi connectivity index (χ2v) is 5.85. The normalized spacial score (nSPS) is 17.8. The molecule has 1 fully saturated rings. The maximum atomic E-state index is 5.56. The predicted octanol–water partition coefficient (Wildman–Crippen LogP) is 3.56. The van der Waals surface area contributed by atoms with Gasteiger partial charge in [-0.1, -0.05) is 49.6 Å². The van der Waals surface area contributed by atoms with Gasteiger partial charge in [0.2, 0.25) is 0 Å². The van der Waals surface area contributed by atoms with Gasteiger partial charge in [0.25, 0.3) is 0 Å². The van der Waals surface area contributed by atoms with Gasteiger partial charge < -0.3 is 14.8 Å². The fourth-order valence-electron chi connectivity index (χ4n) is 3.22. The fraction of sp³-hybridized carbons (Fsp3) is 0.667. The molecule has 118 valence electrons. The molecule has 1 atom stereocenters. The minimum absolute atomic E-state index is 0.470. The average molecular weight is 291 g/mol. The molecule has 1 aliphatic rings. The van der Waals surface area contributed by atoms with Gasteiger partial charge in [-0.25, -0.2) is 0 Å². The molecule has 0 amide bonds. The summed E-state index contributed by atoms with van der Waals surface area (Å²) in [6.45, 7) is 3.00. The van der Waals surface area contributed by atoms with Crippen LogP contribution in [0.4, 0.5) is 0 Å². The molecule has 1 aliphatic carbocycles. The van der Waals surface area contributed by atoms with Crippen molar-refractivity contribution >= 4 is 0 Å². The Hall–Kier alpha value is -0.900. The molecule has 1 saturated carbocycles. The largest absolute Gasteiger partial charge is 0.382 e. The summed E-state index contributed by atoms with van der Waals surface area (Å²) in [6.07, 6.45) is 6.84. The minimum Gasteiger partial charge on any atom is -0.382 e. The minimum atomic E-state index is 0.470. The lowest BCUT2D eigenvalue weighted by atomic mass is 9.81. The number of benzene rings is 1. The summed E-state index contributed by atoms with van der Waals surface area (Å²) in [4.78, 5) is 0. The summed E-state index contributed by atoms with van der Waals surface area (Å²) in [5, 5.41) is 3.72. The first-order valence-electron chi connectivity index (χ1n) is 8.27. The molecule has 1 N–H and O–H groups in total. The molecule has 0 bridgehead atoms. The van der Waals surface area contributed by atoms with Gasteiger partial charge in [-0.15, -0.1) is 0 Å². The van der Waals surface area contributed by atoms with Gasteiger partial charge in [0.1, 0.15) is 0 Å². The first-order chi connectivity index (χ1) is 10.4. The third kappa shape index (κ3) is 5.77. The topological polar surface area (TPSA) is 30.5 Å². The quantitative estimate of drug-likeness (QED) is 0.706. The Morgan fingerprint density at radius 1 is 1.05 bits per heavy atom. The van der Waals surface area contributed by atoms with E-state index in [0.29, 0.717) is 19.3 Å². The Morgan fingerprint density at radius 3 is 2.52 bits per heavy atom. The van der Waals surface area contributed by atoms with E-state index in [9.17, 15) is 0 Å². The van der Waals surface area contributed by atoms with Crippen molar-refractivity contribution in [2.75, 3.05) is 33.5 Å². The second-order valence-electron chi connectivity index (χ2n) is 5.85. The molecule has 0 radical (unpaired) electrons. The van der Waals surface area contributed by atoms with Gasteiger partial charge in [0.15, 0.2) is 0 Å². The van der Waals surface area contributed by atoms with Crippen LogP contribution in [-0.4, -0.2) is 33.5 Å². The summed E-state index contributed by atoms with van der Waals surface area (Å²) < 4.78 is 10.5. The highest BCUT2D eigenvalue weighted by atomic mass is 16.5. The van der Waals surface area contributed by atoms with Crippen molar-refractivity contribution in [2.24, 2.45) is 5.92 Å². The van der Waals surface area contributed by atoms with E-state index < -0.39 is 0 Å². The Balaban J connectivity index is 1.83. The number of ether oxygens (including phenoxy) is 2. The van der Waals surface area contributed by atoms with Crippen LogP contribution >= 0.6 is 0 Å². The lowest BCUT2D eigenvalue weighted by Gasteiger charge is -2.31. The molecule has 3 nitrogen and oxygen atoms in total. The monoisotopic (exact) mass is 291 g/mol. The van der Waals surface area contributed by atoms with E-state index in [1.807, 2.05) is 0 Å². The van der Waals surface area contributed by atoms with E-state index in [0.717, 1.165) is 19.1 Å². The van der Waals surface area contributed by atoms with E-state index in [1.54, 1.807) is 7.11 Å². The molecule has 1 unspecified atom stereocenters. The molecule has 0 spiro atoms. The van der Waals surface area contributed by atoms with Crippen LogP contribution in [0, 0.1) is 5.92 Å². The summed E-state index contributed by atoms with van der Waals surface area (Å²) in [7, 11) is 1.70. The van der Waals surface area contributed by atoms with Crippen LogP contribution in [0.3, 0.4) is 0 Å². The van der Waals surface area contributed by atoms with Crippen molar-refractivity contribution in [1.29, 1.82) is 0 Å². The van der Waals surface area contributed by atoms with Crippen LogP contribution in [0.25, 0.3) is 0 Å². The number of hydrogen-bond donors (Lipinski definition) is 1. The van der Waals surface area contributed by atoms with Crippen LogP contribution in [-0.2, 0) is 9.47 Å². The number of nitrogens with one attached hydrogen (secondary N) is 1. The lowest BCUT2D eigenvalue weighted by Crippen LogP contribution is -2.32. The zero-order valence-electron chi connectivity index (χ0n) is 13.2. The molecule has 0 aliphatic heterocycles. The zero-order valence-corrected chi connectivity index (χ0v) is 13.2. The number of rotatable bonds is 9. The fourth-order valence-corrected chi connectivity index (χ4v) is 3.22. The molecule has 0 heterocycles. The van der Waals surface area contributed by atoms with Gasteiger partial charge in [0.05, 0.1) is 19.8 Å². The molecule has 1 aromatic carbocycles. The zero-order chi connectivity index (χ0) is 14.8. The molecule has 2 rings (SSSR count). The first-order valence-corrected chi connectivity index (χ1v) is 8.27. The van der Waals surface area contributed by atoms with Gasteiger partial charge in [0, 0.05) is 19.7 Å². The Kier molecular flexibility index (Phi) is 7.79. The summed E-state index contributed by atoms with van der Waals surface area (Å²) in [5.74, 6) is 0.764. The van der Waals surface area contributed by atoms with Gasteiger partial charge in [-0.05, 0) is 24.3 Å². The molecular weight excluding hydrogens is 262 g/mol. The van der Waals surface area contributed by atoms with Crippen LogP contribution < -0.4 is 5.32 Å². The van der Waals surface area contributed by atoms with E-state index in [2.05, 4.69) is 35.6 Å². The van der Waals surface area contributed by atoms with Crippen LogP contribution in [0.15, 0.2) is 30.3 Å². The smallest absolute Gasteiger partial charge is 0.0700 e. The third-order valence-electron chi connectivity index (χ3n) is 4.32. The Bertz CT molecular complexity index is 363. The molecule has 0 saturated heterocycles. The van der Waals surface area contributed by atoms with Crippen molar-refractivity contribution in [1.82, 2.24) is 5.32 Å². The maximum Gasteiger partial charge on any atom is 0.0700 e. The van der Waals surface area contributed by atoms with Crippen LogP contribution in [0.1, 0.15) is 43.7 Å². The summed E-state index contributed by atoms with van der Waals surface area (Å²) >= 11 is 0. The second kappa shape index (κ2) is 9.93. The molecule has 3 heteroatoms. The highest BCUT2D eigenvalue weighted by Crippen LogP contribution is 2.34.